The first-order chi connectivity index (χ1) is 12.0. The number of ether oxygens (including phenoxy) is 2. The zero-order chi connectivity index (χ0) is 18.4. The number of halogens is 1. The molecule has 0 radical (unpaired) electrons. The van der Waals surface area contributed by atoms with Crippen molar-refractivity contribution in [3.05, 3.63) is 58.9 Å². The van der Waals surface area contributed by atoms with Crippen LogP contribution in [0, 0.1) is 12.7 Å². The summed E-state index contributed by atoms with van der Waals surface area (Å²) in [5.41, 5.74) is 1.73. The topological polar surface area (TPSA) is 55.8 Å². The molecule has 2 rings (SSSR count). The highest BCUT2D eigenvalue weighted by atomic mass is 19.1. The Bertz CT molecular complexity index is 742. The Morgan fingerprint density at radius 3 is 2.56 bits per heavy atom. The van der Waals surface area contributed by atoms with Gasteiger partial charge in [-0.1, -0.05) is 25.1 Å². The molecule has 0 aliphatic heterocycles. The molecule has 0 bridgehead atoms. The fourth-order valence-electron chi connectivity index (χ4n) is 2.58. The smallest absolute Gasteiger partial charge is 0.311 e. The van der Waals surface area contributed by atoms with Crippen molar-refractivity contribution in [2.45, 2.75) is 32.6 Å². The van der Waals surface area contributed by atoms with Crippen molar-refractivity contribution in [1.29, 1.82) is 0 Å². The molecule has 0 fully saturated rings. The Hall–Kier alpha value is -2.56. The van der Waals surface area contributed by atoms with Crippen LogP contribution in [0.5, 0.6) is 11.5 Å². The van der Waals surface area contributed by atoms with Gasteiger partial charge in [0.15, 0.2) is 11.5 Å². The van der Waals surface area contributed by atoms with Crippen molar-refractivity contribution < 1.29 is 23.8 Å². The largest absolute Gasteiger partial charge is 0.493 e. The molecule has 0 aliphatic rings. The molecule has 0 saturated heterocycles. The van der Waals surface area contributed by atoms with Crippen LogP contribution in [0.2, 0.25) is 0 Å². The van der Waals surface area contributed by atoms with Gasteiger partial charge in [-0.2, -0.15) is 0 Å². The van der Waals surface area contributed by atoms with Gasteiger partial charge in [-0.3, -0.25) is 4.79 Å². The summed E-state index contributed by atoms with van der Waals surface area (Å²) in [5, 5.41) is 9.58. The number of carbonyl (C=O) groups is 1. The van der Waals surface area contributed by atoms with Gasteiger partial charge in [0, 0.05) is 0 Å². The fourth-order valence-corrected chi connectivity index (χ4v) is 2.58. The van der Waals surface area contributed by atoms with Crippen LogP contribution in [0.3, 0.4) is 0 Å². The Morgan fingerprint density at radius 2 is 1.96 bits per heavy atom. The monoisotopic (exact) mass is 346 g/mol. The molecular formula is C20H23FO4. The number of hydrogen-bond donors (Lipinski definition) is 1. The predicted molar refractivity (Wildman–Crippen MR) is 94.0 cm³/mol. The van der Waals surface area contributed by atoms with Crippen molar-refractivity contribution in [1.82, 2.24) is 0 Å². The van der Waals surface area contributed by atoms with E-state index in [2.05, 4.69) is 0 Å². The fraction of sp³-hybridized carbons (Fsp3) is 0.350. The minimum absolute atomic E-state index is 0.240. The van der Waals surface area contributed by atoms with Crippen LogP contribution >= 0.6 is 0 Å². The van der Waals surface area contributed by atoms with E-state index >= 15 is 0 Å². The van der Waals surface area contributed by atoms with E-state index in [9.17, 15) is 14.3 Å². The van der Waals surface area contributed by atoms with Gasteiger partial charge in [0.1, 0.15) is 5.82 Å². The van der Waals surface area contributed by atoms with E-state index < -0.39 is 17.7 Å². The molecule has 2 aromatic carbocycles. The molecule has 2 aromatic rings. The lowest BCUT2D eigenvalue weighted by molar-refractivity contribution is -0.138. The minimum Gasteiger partial charge on any atom is -0.493 e. The number of aliphatic carboxylic acids is 1. The summed E-state index contributed by atoms with van der Waals surface area (Å²) in [7, 11) is 1.56. The van der Waals surface area contributed by atoms with E-state index in [1.54, 1.807) is 44.4 Å². The lowest BCUT2D eigenvalue weighted by atomic mass is 9.91. The van der Waals surface area contributed by atoms with Gasteiger partial charge in [0.05, 0.1) is 19.6 Å². The third-order valence-electron chi connectivity index (χ3n) is 4.03. The zero-order valence-corrected chi connectivity index (χ0v) is 14.7. The Morgan fingerprint density at radius 1 is 1.20 bits per heavy atom. The molecule has 0 aromatic heterocycles. The van der Waals surface area contributed by atoms with Crippen LogP contribution in [-0.2, 0) is 11.2 Å². The van der Waals surface area contributed by atoms with Gasteiger partial charge in [-0.25, -0.2) is 4.39 Å². The molecule has 5 heteroatoms. The number of aryl methyl sites for hydroxylation is 1. The lowest BCUT2D eigenvalue weighted by Gasteiger charge is -2.16. The molecule has 1 atom stereocenters. The second-order valence-electron chi connectivity index (χ2n) is 5.94. The quantitative estimate of drug-likeness (QED) is 0.772. The molecule has 0 heterocycles. The molecular weight excluding hydrogens is 323 g/mol. The molecule has 134 valence electrons. The van der Waals surface area contributed by atoms with Crippen LogP contribution in [0.25, 0.3) is 0 Å². The second-order valence-corrected chi connectivity index (χ2v) is 5.94. The first-order valence-corrected chi connectivity index (χ1v) is 8.24. The van der Waals surface area contributed by atoms with Gasteiger partial charge in [0.25, 0.3) is 0 Å². The standard InChI is InChI=1S/C20H23FO4/c1-4-9-25-19-11-14(6-8-18(19)24-3)10-16(20(22)23)15-7-5-13(2)17(21)12-15/h5-8,11-12,16H,4,9-10H2,1-3H3,(H,22,23). The summed E-state index contributed by atoms with van der Waals surface area (Å²) in [5.74, 6) is -1.03. The van der Waals surface area contributed by atoms with Gasteiger partial charge >= 0.3 is 5.97 Å². The van der Waals surface area contributed by atoms with Gasteiger partial charge < -0.3 is 14.6 Å². The van der Waals surface area contributed by atoms with Crippen molar-refractivity contribution in [3.8, 4) is 11.5 Å². The van der Waals surface area contributed by atoms with Gasteiger partial charge in [-0.05, 0) is 54.7 Å². The van der Waals surface area contributed by atoms with Crippen molar-refractivity contribution in [3.63, 3.8) is 0 Å². The van der Waals surface area contributed by atoms with E-state index in [4.69, 9.17) is 9.47 Å². The van der Waals surface area contributed by atoms with E-state index in [1.165, 1.54) is 6.07 Å². The molecule has 25 heavy (non-hydrogen) atoms. The first-order valence-electron chi connectivity index (χ1n) is 8.24. The number of rotatable bonds is 8. The summed E-state index contributed by atoms with van der Waals surface area (Å²) in [4.78, 5) is 11.7. The minimum atomic E-state index is -0.991. The summed E-state index contributed by atoms with van der Waals surface area (Å²) in [6.45, 7) is 4.20. The number of hydrogen-bond acceptors (Lipinski definition) is 3. The van der Waals surface area contributed by atoms with Gasteiger partial charge in [-0.15, -0.1) is 0 Å². The summed E-state index contributed by atoms with van der Waals surface area (Å²) < 4.78 is 24.8. The number of carboxylic acid groups (broad SMARTS) is 1. The maximum atomic E-state index is 13.8. The normalized spacial score (nSPS) is 11.8. The lowest BCUT2D eigenvalue weighted by Crippen LogP contribution is -2.15. The second kappa shape index (κ2) is 8.51. The molecule has 1 unspecified atom stereocenters. The highest BCUT2D eigenvalue weighted by Gasteiger charge is 2.22. The zero-order valence-electron chi connectivity index (χ0n) is 14.7. The third-order valence-corrected chi connectivity index (χ3v) is 4.03. The summed E-state index contributed by atoms with van der Waals surface area (Å²) in [6.07, 6.45) is 1.10. The van der Waals surface area contributed by atoms with Crippen molar-refractivity contribution in [2.24, 2.45) is 0 Å². The predicted octanol–water partition coefficient (Wildman–Crippen LogP) is 4.34. The van der Waals surface area contributed by atoms with Gasteiger partial charge in [0.2, 0.25) is 0 Å². The maximum absolute atomic E-state index is 13.8. The van der Waals surface area contributed by atoms with E-state index in [0.29, 0.717) is 29.2 Å². The summed E-state index contributed by atoms with van der Waals surface area (Å²) >= 11 is 0. The third kappa shape index (κ3) is 4.72. The number of benzene rings is 2. The highest BCUT2D eigenvalue weighted by molar-refractivity contribution is 5.76. The van der Waals surface area contributed by atoms with Crippen LogP contribution < -0.4 is 9.47 Å². The van der Waals surface area contributed by atoms with Crippen LogP contribution in [0.4, 0.5) is 4.39 Å². The molecule has 4 nitrogen and oxygen atoms in total. The molecule has 0 amide bonds. The summed E-state index contributed by atoms with van der Waals surface area (Å²) in [6, 6.07) is 9.91. The van der Waals surface area contributed by atoms with Crippen LogP contribution in [0.1, 0.15) is 36.0 Å². The molecule has 0 saturated carbocycles. The van der Waals surface area contributed by atoms with Crippen molar-refractivity contribution >= 4 is 5.97 Å². The number of carboxylic acids is 1. The van der Waals surface area contributed by atoms with Crippen molar-refractivity contribution in [2.75, 3.05) is 13.7 Å². The Labute approximate surface area is 147 Å². The average Bonchev–Trinajstić information content (AvgIpc) is 2.60. The highest BCUT2D eigenvalue weighted by Crippen LogP contribution is 2.31. The van der Waals surface area contributed by atoms with Crippen LogP contribution in [-0.4, -0.2) is 24.8 Å². The molecule has 1 N–H and O–H groups in total. The maximum Gasteiger partial charge on any atom is 0.311 e. The first kappa shape index (κ1) is 18.8. The van der Waals surface area contributed by atoms with E-state index in [-0.39, 0.29) is 6.42 Å². The number of methoxy groups -OCH3 is 1. The SMILES string of the molecule is CCCOc1cc(CC(C(=O)O)c2ccc(C)c(F)c2)ccc1OC. The van der Waals surface area contributed by atoms with E-state index in [0.717, 1.165) is 12.0 Å². The Kier molecular flexibility index (Phi) is 6.39. The average molecular weight is 346 g/mol. The molecule has 0 spiro atoms. The van der Waals surface area contributed by atoms with Crippen LogP contribution in [0.15, 0.2) is 36.4 Å². The molecule has 0 aliphatic carbocycles. The Balaban J connectivity index is 2.30. The van der Waals surface area contributed by atoms with E-state index in [1.807, 2.05) is 6.92 Å².